The summed E-state index contributed by atoms with van der Waals surface area (Å²) in [5.41, 5.74) is 0.0198. The largest absolute Gasteiger partial charge is 0.366 e. The SMILES string of the molecule is CNC1CCN(c2cc(F)cc(F)c2F)C(C)C1C. The summed E-state index contributed by atoms with van der Waals surface area (Å²) in [6.45, 7) is 4.60. The van der Waals surface area contributed by atoms with Crippen molar-refractivity contribution in [1.29, 1.82) is 0 Å². The highest BCUT2D eigenvalue weighted by atomic mass is 19.2. The van der Waals surface area contributed by atoms with Crippen LogP contribution in [0.1, 0.15) is 20.3 Å². The van der Waals surface area contributed by atoms with Gasteiger partial charge in [-0.05, 0) is 26.3 Å². The van der Waals surface area contributed by atoms with Gasteiger partial charge in [0.15, 0.2) is 11.6 Å². The summed E-state index contributed by atoms with van der Waals surface area (Å²) < 4.78 is 40.4. The van der Waals surface area contributed by atoms with Crippen LogP contribution in [0.25, 0.3) is 0 Å². The first-order valence-electron chi connectivity index (χ1n) is 6.54. The highest BCUT2D eigenvalue weighted by molar-refractivity contribution is 5.50. The molecule has 0 bridgehead atoms. The summed E-state index contributed by atoms with van der Waals surface area (Å²) in [5, 5.41) is 3.22. The molecule has 1 saturated heterocycles. The molecule has 1 heterocycles. The number of rotatable bonds is 2. The first kappa shape index (κ1) is 14.2. The van der Waals surface area contributed by atoms with E-state index >= 15 is 0 Å². The average Bonchev–Trinajstić information content (AvgIpc) is 2.37. The second kappa shape index (κ2) is 5.41. The van der Waals surface area contributed by atoms with Crippen molar-refractivity contribution in [1.82, 2.24) is 5.32 Å². The van der Waals surface area contributed by atoms with E-state index in [0.717, 1.165) is 12.5 Å². The maximum Gasteiger partial charge on any atom is 0.182 e. The number of anilines is 1. The normalized spacial score (nSPS) is 27.7. The van der Waals surface area contributed by atoms with Crippen LogP contribution in [0.15, 0.2) is 12.1 Å². The molecule has 2 rings (SSSR count). The monoisotopic (exact) mass is 272 g/mol. The predicted molar refractivity (Wildman–Crippen MR) is 69.8 cm³/mol. The second-order valence-electron chi connectivity index (χ2n) is 5.20. The topological polar surface area (TPSA) is 15.3 Å². The number of benzene rings is 1. The highest BCUT2D eigenvalue weighted by Crippen LogP contribution is 2.31. The minimum Gasteiger partial charge on any atom is -0.366 e. The Kier molecular flexibility index (Phi) is 4.04. The zero-order chi connectivity index (χ0) is 14.2. The lowest BCUT2D eigenvalue weighted by atomic mass is 9.86. The van der Waals surface area contributed by atoms with Crippen LogP contribution in [0.5, 0.6) is 0 Å². The molecule has 1 N–H and O–H groups in total. The molecule has 3 atom stereocenters. The summed E-state index contributed by atoms with van der Waals surface area (Å²) in [4.78, 5) is 1.75. The van der Waals surface area contributed by atoms with Gasteiger partial charge in [-0.3, -0.25) is 0 Å². The minimum atomic E-state index is -1.13. The van der Waals surface area contributed by atoms with E-state index in [9.17, 15) is 13.2 Å². The number of nitrogens with one attached hydrogen (secondary N) is 1. The van der Waals surface area contributed by atoms with E-state index in [1.165, 1.54) is 0 Å². The fourth-order valence-electron chi connectivity index (χ4n) is 2.86. The predicted octanol–water partition coefficient (Wildman–Crippen LogP) is 2.93. The van der Waals surface area contributed by atoms with Gasteiger partial charge in [-0.1, -0.05) is 6.92 Å². The first-order valence-corrected chi connectivity index (χ1v) is 6.54. The lowest BCUT2D eigenvalue weighted by Crippen LogP contribution is -2.53. The quantitative estimate of drug-likeness (QED) is 0.833. The Morgan fingerprint density at radius 1 is 1.21 bits per heavy atom. The van der Waals surface area contributed by atoms with Crippen LogP contribution in [0.4, 0.5) is 18.9 Å². The van der Waals surface area contributed by atoms with E-state index in [1.807, 2.05) is 14.0 Å². The van der Waals surface area contributed by atoms with Gasteiger partial charge in [0, 0.05) is 30.8 Å². The van der Waals surface area contributed by atoms with Crippen LogP contribution in [0.2, 0.25) is 0 Å². The molecule has 0 radical (unpaired) electrons. The average molecular weight is 272 g/mol. The molecule has 1 aliphatic rings. The van der Waals surface area contributed by atoms with Crippen molar-refractivity contribution in [2.24, 2.45) is 5.92 Å². The number of nitrogens with zero attached hydrogens (tertiary/aromatic N) is 1. The van der Waals surface area contributed by atoms with Crippen molar-refractivity contribution in [3.05, 3.63) is 29.6 Å². The molecule has 3 unspecified atom stereocenters. The van der Waals surface area contributed by atoms with Crippen molar-refractivity contribution >= 4 is 5.69 Å². The van der Waals surface area contributed by atoms with Gasteiger partial charge >= 0.3 is 0 Å². The summed E-state index contributed by atoms with van der Waals surface area (Å²) in [6.07, 6.45) is 0.819. The standard InChI is InChI=1S/C14H19F3N2/c1-8-9(2)19(5-4-12(8)18-3)13-7-10(15)6-11(16)14(13)17/h6-9,12,18H,4-5H2,1-3H3. The van der Waals surface area contributed by atoms with Crippen molar-refractivity contribution < 1.29 is 13.2 Å². The molecule has 1 aliphatic heterocycles. The van der Waals surface area contributed by atoms with Crippen LogP contribution < -0.4 is 10.2 Å². The molecule has 19 heavy (non-hydrogen) atoms. The van der Waals surface area contributed by atoms with Crippen LogP contribution in [0, 0.1) is 23.4 Å². The molecule has 1 fully saturated rings. The Hall–Kier alpha value is -1.23. The van der Waals surface area contributed by atoms with Crippen molar-refractivity contribution in [2.45, 2.75) is 32.4 Å². The Morgan fingerprint density at radius 2 is 1.89 bits per heavy atom. The third kappa shape index (κ3) is 2.56. The Morgan fingerprint density at radius 3 is 2.53 bits per heavy atom. The molecule has 2 nitrogen and oxygen atoms in total. The summed E-state index contributed by atoms with van der Waals surface area (Å²) in [5.74, 6) is -2.58. The van der Waals surface area contributed by atoms with E-state index in [2.05, 4.69) is 12.2 Å². The molecule has 106 valence electrons. The first-order chi connectivity index (χ1) is 8.95. The lowest BCUT2D eigenvalue weighted by Gasteiger charge is -2.44. The fourth-order valence-corrected chi connectivity index (χ4v) is 2.86. The van der Waals surface area contributed by atoms with Crippen molar-refractivity contribution in [3.8, 4) is 0 Å². The molecule has 1 aromatic rings. The number of halogens is 3. The van der Waals surface area contributed by atoms with E-state index in [4.69, 9.17) is 0 Å². The van der Waals surface area contributed by atoms with Gasteiger partial charge in [0.1, 0.15) is 5.82 Å². The van der Waals surface area contributed by atoms with E-state index in [0.29, 0.717) is 18.7 Å². The molecule has 0 aromatic heterocycles. The third-order valence-electron chi connectivity index (χ3n) is 4.22. The number of piperidine rings is 1. The molecule has 5 heteroatoms. The van der Waals surface area contributed by atoms with Gasteiger partial charge in [-0.15, -0.1) is 0 Å². The van der Waals surface area contributed by atoms with Crippen molar-refractivity contribution in [3.63, 3.8) is 0 Å². The Labute approximate surface area is 111 Å². The number of hydrogen-bond donors (Lipinski definition) is 1. The van der Waals surface area contributed by atoms with E-state index < -0.39 is 17.5 Å². The Balaban J connectivity index is 2.33. The van der Waals surface area contributed by atoms with Gasteiger partial charge in [0.05, 0.1) is 5.69 Å². The lowest BCUT2D eigenvalue weighted by molar-refractivity contribution is 0.280. The zero-order valence-electron chi connectivity index (χ0n) is 11.4. The summed E-state index contributed by atoms with van der Waals surface area (Å²) in [7, 11) is 1.89. The van der Waals surface area contributed by atoms with Gasteiger partial charge in [-0.25, -0.2) is 13.2 Å². The van der Waals surface area contributed by atoms with E-state index in [1.54, 1.807) is 4.90 Å². The van der Waals surface area contributed by atoms with Crippen LogP contribution >= 0.6 is 0 Å². The molecule has 1 aromatic carbocycles. The van der Waals surface area contributed by atoms with Crippen molar-refractivity contribution in [2.75, 3.05) is 18.5 Å². The van der Waals surface area contributed by atoms with Crippen LogP contribution in [-0.4, -0.2) is 25.7 Å². The maximum absolute atomic E-state index is 13.8. The maximum atomic E-state index is 13.8. The summed E-state index contributed by atoms with van der Waals surface area (Å²) >= 11 is 0. The molecule has 0 amide bonds. The molecule has 0 saturated carbocycles. The van der Waals surface area contributed by atoms with Crippen LogP contribution in [-0.2, 0) is 0 Å². The molecule has 0 spiro atoms. The van der Waals surface area contributed by atoms with Gasteiger partial charge in [0.25, 0.3) is 0 Å². The highest BCUT2D eigenvalue weighted by Gasteiger charge is 2.33. The zero-order valence-corrected chi connectivity index (χ0v) is 11.4. The van der Waals surface area contributed by atoms with Gasteiger partial charge < -0.3 is 10.2 Å². The smallest absolute Gasteiger partial charge is 0.182 e. The molecule has 0 aliphatic carbocycles. The Bertz CT molecular complexity index is 464. The van der Waals surface area contributed by atoms with Crippen LogP contribution in [0.3, 0.4) is 0 Å². The van der Waals surface area contributed by atoms with Gasteiger partial charge in [0.2, 0.25) is 0 Å². The molecular formula is C14H19F3N2. The van der Waals surface area contributed by atoms with Gasteiger partial charge in [-0.2, -0.15) is 0 Å². The molecular weight excluding hydrogens is 253 g/mol. The third-order valence-corrected chi connectivity index (χ3v) is 4.22. The summed E-state index contributed by atoms with van der Waals surface area (Å²) in [6, 6.07) is 2.00. The second-order valence-corrected chi connectivity index (χ2v) is 5.20. The number of hydrogen-bond acceptors (Lipinski definition) is 2. The van der Waals surface area contributed by atoms with E-state index in [-0.39, 0.29) is 17.6 Å². The fraction of sp³-hybridized carbons (Fsp3) is 0.571. The minimum absolute atomic E-state index is 0.0156.